The van der Waals surface area contributed by atoms with Gasteiger partial charge in [0.25, 0.3) is 0 Å². The van der Waals surface area contributed by atoms with E-state index in [-0.39, 0.29) is 5.75 Å². The van der Waals surface area contributed by atoms with Crippen LogP contribution in [0.15, 0.2) is 18.2 Å². The van der Waals surface area contributed by atoms with Crippen LogP contribution >= 0.6 is 22.6 Å². The zero-order chi connectivity index (χ0) is 9.84. The molecule has 1 aromatic carbocycles. The molecule has 0 aliphatic carbocycles. The molecule has 0 fully saturated rings. The first-order valence-corrected chi connectivity index (χ1v) is 4.43. The Morgan fingerprint density at radius 3 is 2.69 bits per heavy atom. The summed E-state index contributed by atoms with van der Waals surface area (Å²) < 4.78 is 28.7. The minimum Gasteiger partial charge on any atom is -0.433 e. The first-order valence-electron chi connectivity index (χ1n) is 3.35. The molecule has 0 spiro atoms. The number of nitrogens with one attached hydrogen (secondary N) is 1. The van der Waals surface area contributed by atoms with Gasteiger partial charge >= 0.3 is 6.61 Å². The van der Waals surface area contributed by atoms with E-state index in [9.17, 15) is 8.78 Å². The van der Waals surface area contributed by atoms with Crippen molar-refractivity contribution >= 4 is 28.3 Å². The Hall–Kier alpha value is -0.630. The SMILES string of the molecule is NNc1c(I)cccc1OC(F)F. The van der Waals surface area contributed by atoms with Gasteiger partial charge in [0.1, 0.15) is 5.69 Å². The van der Waals surface area contributed by atoms with E-state index in [0.29, 0.717) is 5.69 Å². The number of hydrazine groups is 1. The molecule has 0 atom stereocenters. The molecule has 1 rings (SSSR count). The average molecular weight is 300 g/mol. The summed E-state index contributed by atoms with van der Waals surface area (Å²) in [6, 6.07) is 4.76. The maximum absolute atomic E-state index is 11.9. The third kappa shape index (κ3) is 2.66. The zero-order valence-electron chi connectivity index (χ0n) is 6.43. The lowest BCUT2D eigenvalue weighted by atomic mass is 10.3. The number of nitrogen functional groups attached to an aromatic ring is 1. The Bertz CT molecular complexity index is 296. The van der Waals surface area contributed by atoms with Gasteiger partial charge in [-0.05, 0) is 34.7 Å². The Kier molecular flexibility index (Phi) is 3.67. The van der Waals surface area contributed by atoms with Gasteiger partial charge in [0.15, 0.2) is 5.75 Å². The highest BCUT2D eigenvalue weighted by molar-refractivity contribution is 14.1. The van der Waals surface area contributed by atoms with Crippen LogP contribution in [0.5, 0.6) is 5.75 Å². The standard InChI is InChI=1S/C7H7F2IN2O/c8-7(9)13-5-3-1-2-4(10)6(5)12-11/h1-3,7,12H,11H2. The number of para-hydroxylation sites is 1. The van der Waals surface area contributed by atoms with Crippen molar-refractivity contribution in [3.05, 3.63) is 21.8 Å². The number of halogens is 3. The second kappa shape index (κ2) is 4.56. The molecule has 0 radical (unpaired) electrons. The molecular weight excluding hydrogens is 293 g/mol. The number of nitrogens with two attached hydrogens (primary N) is 1. The van der Waals surface area contributed by atoms with Crippen molar-refractivity contribution in [2.24, 2.45) is 5.84 Å². The third-order valence-electron chi connectivity index (χ3n) is 1.34. The minimum atomic E-state index is -2.84. The van der Waals surface area contributed by atoms with Crippen LogP contribution in [0, 0.1) is 3.57 Å². The van der Waals surface area contributed by atoms with Crippen molar-refractivity contribution in [3.63, 3.8) is 0 Å². The Balaban J connectivity index is 2.98. The van der Waals surface area contributed by atoms with Crippen molar-refractivity contribution in [2.45, 2.75) is 6.61 Å². The third-order valence-corrected chi connectivity index (χ3v) is 2.23. The summed E-state index contributed by atoms with van der Waals surface area (Å²) in [5.74, 6) is 5.19. The highest BCUT2D eigenvalue weighted by Crippen LogP contribution is 2.29. The molecule has 6 heteroatoms. The Morgan fingerprint density at radius 1 is 1.46 bits per heavy atom. The smallest absolute Gasteiger partial charge is 0.387 e. The van der Waals surface area contributed by atoms with Crippen LogP contribution in [0.2, 0.25) is 0 Å². The summed E-state index contributed by atoms with van der Waals surface area (Å²) in [7, 11) is 0. The van der Waals surface area contributed by atoms with Crippen molar-refractivity contribution in [1.29, 1.82) is 0 Å². The van der Waals surface area contributed by atoms with E-state index < -0.39 is 6.61 Å². The largest absolute Gasteiger partial charge is 0.433 e. The molecule has 0 aliphatic heterocycles. The number of alkyl halides is 2. The van der Waals surface area contributed by atoms with Crippen LogP contribution in [0.4, 0.5) is 14.5 Å². The van der Waals surface area contributed by atoms with E-state index >= 15 is 0 Å². The van der Waals surface area contributed by atoms with Crippen molar-refractivity contribution in [3.8, 4) is 5.75 Å². The fourth-order valence-corrected chi connectivity index (χ4v) is 1.47. The molecule has 0 aromatic heterocycles. The fraction of sp³-hybridized carbons (Fsp3) is 0.143. The highest BCUT2D eigenvalue weighted by Gasteiger charge is 2.10. The highest BCUT2D eigenvalue weighted by atomic mass is 127. The summed E-state index contributed by atoms with van der Waals surface area (Å²) in [4.78, 5) is 0. The first kappa shape index (κ1) is 10.5. The molecule has 0 bridgehead atoms. The summed E-state index contributed by atoms with van der Waals surface area (Å²) in [6.45, 7) is -2.84. The molecular formula is C7H7F2IN2O. The fourth-order valence-electron chi connectivity index (χ4n) is 0.839. The predicted molar refractivity (Wildman–Crippen MR) is 53.6 cm³/mol. The molecule has 0 saturated heterocycles. The summed E-state index contributed by atoms with van der Waals surface area (Å²) >= 11 is 1.97. The van der Waals surface area contributed by atoms with Gasteiger partial charge in [-0.25, -0.2) is 0 Å². The van der Waals surface area contributed by atoms with E-state index in [0.717, 1.165) is 3.57 Å². The monoisotopic (exact) mass is 300 g/mol. The van der Waals surface area contributed by atoms with Crippen LogP contribution in [0.1, 0.15) is 0 Å². The van der Waals surface area contributed by atoms with Crippen LogP contribution in [0.3, 0.4) is 0 Å². The predicted octanol–water partition coefficient (Wildman–Crippen LogP) is 2.18. The minimum absolute atomic E-state index is 0.0457. The summed E-state index contributed by atoms with van der Waals surface area (Å²) in [5, 5.41) is 0. The number of anilines is 1. The summed E-state index contributed by atoms with van der Waals surface area (Å²) in [6.07, 6.45) is 0. The number of ether oxygens (including phenoxy) is 1. The van der Waals surface area contributed by atoms with Gasteiger partial charge in [0, 0.05) is 3.57 Å². The normalized spacial score (nSPS) is 10.2. The van der Waals surface area contributed by atoms with Crippen molar-refractivity contribution < 1.29 is 13.5 Å². The summed E-state index contributed by atoms with van der Waals surface area (Å²) in [5.41, 5.74) is 2.67. The van der Waals surface area contributed by atoms with Gasteiger partial charge < -0.3 is 10.2 Å². The molecule has 0 unspecified atom stereocenters. The van der Waals surface area contributed by atoms with Crippen LogP contribution in [0.25, 0.3) is 0 Å². The van der Waals surface area contributed by atoms with Gasteiger partial charge in [0.2, 0.25) is 0 Å². The molecule has 72 valence electrons. The average Bonchev–Trinajstić information content (AvgIpc) is 2.03. The second-order valence-corrected chi connectivity index (χ2v) is 3.30. The maximum atomic E-state index is 11.9. The van der Waals surface area contributed by atoms with Gasteiger partial charge in [-0.15, -0.1) is 0 Å². The molecule has 0 heterocycles. The van der Waals surface area contributed by atoms with E-state index in [1.54, 1.807) is 12.1 Å². The van der Waals surface area contributed by atoms with E-state index in [4.69, 9.17) is 5.84 Å². The van der Waals surface area contributed by atoms with E-state index in [1.807, 2.05) is 22.6 Å². The molecule has 3 nitrogen and oxygen atoms in total. The number of benzene rings is 1. The quantitative estimate of drug-likeness (QED) is 0.511. The van der Waals surface area contributed by atoms with Crippen LogP contribution in [-0.2, 0) is 0 Å². The number of hydrogen-bond acceptors (Lipinski definition) is 3. The Labute approximate surface area is 87.4 Å². The first-order chi connectivity index (χ1) is 6.15. The van der Waals surface area contributed by atoms with Crippen LogP contribution in [-0.4, -0.2) is 6.61 Å². The topological polar surface area (TPSA) is 47.3 Å². The zero-order valence-corrected chi connectivity index (χ0v) is 8.59. The number of rotatable bonds is 3. The number of hydrogen-bond donors (Lipinski definition) is 2. The Morgan fingerprint density at radius 2 is 2.15 bits per heavy atom. The molecule has 0 saturated carbocycles. The second-order valence-electron chi connectivity index (χ2n) is 2.14. The lowest BCUT2D eigenvalue weighted by molar-refractivity contribution is -0.0494. The van der Waals surface area contributed by atoms with Gasteiger partial charge in [-0.1, -0.05) is 6.07 Å². The lowest BCUT2D eigenvalue weighted by Gasteiger charge is -2.10. The van der Waals surface area contributed by atoms with Crippen molar-refractivity contribution in [1.82, 2.24) is 0 Å². The van der Waals surface area contributed by atoms with Gasteiger partial charge in [0.05, 0.1) is 0 Å². The molecule has 3 N–H and O–H groups in total. The van der Waals surface area contributed by atoms with E-state index in [2.05, 4.69) is 10.2 Å². The lowest BCUT2D eigenvalue weighted by Crippen LogP contribution is -2.12. The van der Waals surface area contributed by atoms with Gasteiger partial charge in [-0.3, -0.25) is 5.84 Å². The molecule has 0 amide bonds. The van der Waals surface area contributed by atoms with Gasteiger partial charge in [-0.2, -0.15) is 8.78 Å². The van der Waals surface area contributed by atoms with Crippen molar-refractivity contribution in [2.75, 3.05) is 5.43 Å². The van der Waals surface area contributed by atoms with Crippen LogP contribution < -0.4 is 16.0 Å². The van der Waals surface area contributed by atoms with E-state index in [1.165, 1.54) is 6.07 Å². The molecule has 0 aliphatic rings. The molecule has 1 aromatic rings. The molecule has 13 heavy (non-hydrogen) atoms. The maximum Gasteiger partial charge on any atom is 0.387 e.